The Kier molecular flexibility index (Phi) is 5.25. The molecule has 0 fully saturated rings. The van der Waals surface area contributed by atoms with Gasteiger partial charge in [-0.1, -0.05) is 0 Å². The van der Waals surface area contributed by atoms with Crippen molar-refractivity contribution in [2.45, 2.75) is 13.3 Å². The predicted octanol–water partition coefficient (Wildman–Crippen LogP) is -0.160. The van der Waals surface area contributed by atoms with E-state index < -0.39 is 10.0 Å². The summed E-state index contributed by atoms with van der Waals surface area (Å²) in [6.07, 6.45) is 1.76. The normalized spacial score (nSPS) is 11.1. The number of primary sulfonamides is 1. The van der Waals surface area contributed by atoms with Gasteiger partial charge < -0.3 is 10.6 Å². The molecule has 0 aliphatic heterocycles. The molecule has 0 radical (unpaired) electrons. The van der Waals surface area contributed by atoms with Crippen LogP contribution in [0.1, 0.15) is 22.5 Å². The van der Waals surface area contributed by atoms with Crippen LogP contribution in [0.15, 0.2) is 12.3 Å². The molecule has 1 aromatic rings. The third-order valence-electron chi connectivity index (χ3n) is 2.45. The van der Waals surface area contributed by atoms with Gasteiger partial charge in [-0.2, -0.15) is 0 Å². The van der Waals surface area contributed by atoms with Crippen LogP contribution in [0.5, 0.6) is 0 Å². The zero-order chi connectivity index (χ0) is 14.5. The first-order valence-corrected chi connectivity index (χ1v) is 7.48. The van der Waals surface area contributed by atoms with Crippen LogP contribution in [0, 0.1) is 6.92 Å². The van der Waals surface area contributed by atoms with E-state index in [1.54, 1.807) is 13.1 Å². The molecule has 0 saturated heterocycles. The van der Waals surface area contributed by atoms with Crippen molar-refractivity contribution in [1.82, 2.24) is 10.3 Å². The average Bonchev–Trinajstić information content (AvgIpc) is 2.33. The zero-order valence-corrected chi connectivity index (χ0v) is 11.8. The quantitative estimate of drug-likeness (QED) is 0.629. The molecule has 0 atom stereocenters. The van der Waals surface area contributed by atoms with Gasteiger partial charge in [-0.15, -0.1) is 0 Å². The van der Waals surface area contributed by atoms with E-state index in [9.17, 15) is 13.2 Å². The molecule has 1 aromatic heterocycles. The summed E-state index contributed by atoms with van der Waals surface area (Å²) in [6, 6.07) is 1.76. The first-order chi connectivity index (χ1) is 8.83. The van der Waals surface area contributed by atoms with Crippen molar-refractivity contribution in [3.05, 3.63) is 23.5 Å². The molecule has 0 aliphatic carbocycles. The van der Waals surface area contributed by atoms with Crippen LogP contribution < -0.4 is 15.8 Å². The summed E-state index contributed by atoms with van der Waals surface area (Å²) in [5.74, 6) is -0.454. The second kappa shape index (κ2) is 6.48. The molecule has 0 aromatic carbocycles. The fourth-order valence-electron chi connectivity index (χ4n) is 1.52. The summed E-state index contributed by atoms with van der Waals surface area (Å²) >= 11 is 0. The number of carbonyl (C=O) groups excluding carboxylic acids is 1. The van der Waals surface area contributed by atoms with Crippen molar-refractivity contribution in [2.24, 2.45) is 5.14 Å². The van der Waals surface area contributed by atoms with Crippen LogP contribution in [-0.2, 0) is 10.0 Å². The minimum absolute atomic E-state index is 0.154. The Hall–Kier alpha value is -1.67. The molecule has 1 heterocycles. The van der Waals surface area contributed by atoms with E-state index in [0.717, 1.165) is 5.69 Å². The minimum atomic E-state index is -3.48. The van der Waals surface area contributed by atoms with Gasteiger partial charge in [0.05, 0.1) is 17.0 Å². The van der Waals surface area contributed by atoms with Crippen molar-refractivity contribution in [3.8, 4) is 0 Å². The number of carbonyl (C=O) groups is 1. The van der Waals surface area contributed by atoms with Gasteiger partial charge in [0.1, 0.15) is 0 Å². The van der Waals surface area contributed by atoms with Crippen LogP contribution in [0.25, 0.3) is 0 Å². The van der Waals surface area contributed by atoms with Gasteiger partial charge in [-0.05, 0) is 19.4 Å². The highest BCUT2D eigenvalue weighted by molar-refractivity contribution is 7.89. The lowest BCUT2D eigenvalue weighted by Crippen LogP contribution is -2.28. The van der Waals surface area contributed by atoms with Gasteiger partial charge in [0.25, 0.3) is 5.91 Å². The molecule has 4 N–H and O–H groups in total. The number of nitrogens with one attached hydrogen (secondary N) is 2. The predicted molar refractivity (Wildman–Crippen MR) is 73.4 cm³/mol. The fourth-order valence-corrected chi connectivity index (χ4v) is 2.06. The summed E-state index contributed by atoms with van der Waals surface area (Å²) in [6.45, 7) is 2.07. The van der Waals surface area contributed by atoms with Crippen LogP contribution in [0.4, 0.5) is 5.69 Å². The second-order valence-electron chi connectivity index (χ2n) is 4.10. The Morgan fingerprint density at radius 2 is 2.16 bits per heavy atom. The first-order valence-electron chi connectivity index (χ1n) is 5.76. The molecular formula is C11H18N4O3S. The summed E-state index contributed by atoms with van der Waals surface area (Å²) in [4.78, 5) is 15.9. The Bertz CT molecular complexity index is 557. The lowest BCUT2D eigenvalue weighted by Gasteiger charge is -2.10. The summed E-state index contributed by atoms with van der Waals surface area (Å²) in [5, 5.41) is 10.4. The molecular weight excluding hydrogens is 268 g/mol. The zero-order valence-electron chi connectivity index (χ0n) is 10.9. The molecule has 8 heteroatoms. The van der Waals surface area contributed by atoms with E-state index in [0.29, 0.717) is 11.3 Å². The van der Waals surface area contributed by atoms with Crippen LogP contribution in [0.2, 0.25) is 0 Å². The summed E-state index contributed by atoms with van der Waals surface area (Å²) in [5.41, 5.74) is 1.90. The van der Waals surface area contributed by atoms with Crippen LogP contribution in [-0.4, -0.2) is 38.7 Å². The van der Waals surface area contributed by atoms with Crippen molar-refractivity contribution < 1.29 is 13.2 Å². The van der Waals surface area contributed by atoms with Gasteiger partial charge in [-0.3, -0.25) is 9.78 Å². The van der Waals surface area contributed by atoms with Crippen molar-refractivity contribution in [2.75, 3.05) is 24.7 Å². The van der Waals surface area contributed by atoms with Crippen molar-refractivity contribution >= 4 is 21.6 Å². The molecule has 1 amide bonds. The first kappa shape index (κ1) is 15.4. The van der Waals surface area contributed by atoms with Gasteiger partial charge >= 0.3 is 0 Å². The summed E-state index contributed by atoms with van der Waals surface area (Å²) in [7, 11) is -1.77. The minimum Gasteiger partial charge on any atom is -0.387 e. The smallest absolute Gasteiger partial charge is 0.254 e. The van der Waals surface area contributed by atoms with E-state index in [4.69, 9.17) is 5.14 Å². The molecule has 0 spiro atoms. The molecule has 0 unspecified atom stereocenters. The van der Waals surface area contributed by atoms with Crippen molar-refractivity contribution in [1.29, 1.82) is 0 Å². The van der Waals surface area contributed by atoms with Gasteiger partial charge in [0, 0.05) is 25.5 Å². The Labute approximate surface area is 112 Å². The summed E-state index contributed by atoms with van der Waals surface area (Å²) < 4.78 is 21.5. The largest absolute Gasteiger partial charge is 0.387 e. The van der Waals surface area contributed by atoms with Gasteiger partial charge in [-0.25, -0.2) is 13.6 Å². The van der Waals surface area contributed by atoms with E-state index in [1.807, 2.05) is 6.92 Å². The average molecular weight is 286 g/mol. The van der Waals surface area contributed by atoms with E-state index >= 15 is 0 Å². The van der Waals surface area contributed by atoms with Gasteiger partial charge in [0.15, 0.2) is 0 Å². The molecule has 0 saturated carbocycles. The maximum absolute atomic E-state index is 11.9. The SMILES string of the molecule is CNc1cc(C)ncc1C(=O)NCCCS(N)(=O)=O. The number of aromatic nitrogens is 1. The highest BCUT2D eigenvalue weighted by Gasteiger charge is 2.11. The number of nitrogens with two attached hydrogens (primary N) is 1. The number of hydrogen-bond acceptors (Lipinski definition) is 5. The number of amides is 1. The molecule has 0 bridgehead atoms. The van der Waals surface area contributed by atoms with Crippen molar-refractivity contribution in [3.63, 3.8) is 0 Å². The number of sulfonamides is 1. The number of anilines is 1. The molecule has 7 nitrogen and oxygen atoms in total. The highest BCUT2D eigenvalue weighted by Crippen LogP contribution is 2.14. The third-order valence-corrected chi connectivity index (χ3v) is 3.30. The second-order valence-corrected chi connectivity index (χ2v) is 5.83. The lowest BCUT2D eigenvalue weighted by atomic mass is 10.2. The number of hydrogen-bond donors (Lipinski definition) is 3. The Morgan fingerprint density at radius 1 is 1.47 bits per heavy atom. The lowest BCUT2D eigenvalue weighted by molar-refractivity contribution is 0.0954. The Balaban J connectivity index is 2.59. The number of nitrogens with zero attached hydrogens (tertiary/aromatic N) is 1. The molecule has 19 heavy (non-hydrogen) atoms. The van der Waals surface area contributed by atoms with E-state index in [-0.39, 0.29) is 24.6 Å². The van der Waals surface area contributed by atoms with Gasteiger partial charge in [0.2, 0.25) is 10.0 Å². The fraction of sp³-hybridized carbons (Fsp3) is 0.455. The molecule has 0 aliphatic rings. The van der Waals surface area contributed by atoms with E-state index in [1.165, 1.54) is 6.20 Å². The topological polar surface area (TPSA) is 114 Å². The van der Waals surface area contributed by atoms with E-state index in [2.05, 4.69) is 15.6 Å². The van der Waals surface area contributed by atoms with Crippen LogP contribution in [0.3, 0.4) is 0 Å². The molecule has 1 rings (SSSR count). The molecule has 106 valence electrons. The Morgan fingerprint density at radius 3 is 2.74 bits per heavy atom. The number of aryl methyl sites for hydroxylation is 1. The van der Waals surface area contributed by atoms with Crippen LogP contribution >= 0.6 is 0 Å². The highest BCUT2D eigenvalue weighted by atomic mass is 32.2. The maximum atomic E-state index is 11.9. The number of rotatable bonds is 6. The third kappa shape index (κ3) is 5.23. The standard InChI is InChI=1S/C11H18N4O3S/c1-8-6-10(13-2)9(7-15-8)11(16)14-4-3-5-19(12,17)18/h6-7H,3-5H2,1-2H3,(H,13,15)(H,14,16)(H2,12,17,18). The maximum Gasteiger partial charge on any atom is 0.254 e. The monoisotopic (exact) mass is 286 g/mol. The number of pyridine rings is 1.